The van der Waals surface area contributed by atoms with E-state index in [0.29, 0.717) is 32.1 Å². The van der Waals surface area contributed by atoms with Gasteiger partial charge in [0.15, 0.2) is 11.8 Å². The highest BCUT2D eigenvalue weighted by molar-refractivity contribution is 5.93. The number of hydrogen-bond acceptors (Lipinski definition) is 7. The molecule has 0 aromatic heterocycles. The average Bonchev–Trinajstić information content (AvgIpc) is 3.07. The van der Waals surface area contributed by atoms with E-state index in [1.54, 1.807) is 0 Å². The van der Waals surface area contributed by atoms with Crippen molar-refractivity contribution in [2.24, 2.45) is 26.7 Å². The zero-order chi connectivity index (χ0) is 22.6. The first-order chi connectivity index (χ1) is 15.6. The minimum atomic E-state index is -0.805. The average molecular weight is 437 g/mol. The zero-order valence-corrected chi connectivity index (χ0v) is 19.0. The molecular formula is C25H36N6O. The van der Waals surface area contributed by atoms with Gasteiger partial charge in [0.05, 0.1) is 0 Å². The maximum atomic E-state index is 13.0. The monoisotopic (exact) mass is 436 g/mol. The van der Waals surface area contributed by atoms with E-state index in [1.807, 2.05) is 0 Å². The zero-order valence-electron chi connectivity index (χ0n) is 19.0. The standard InChI is InChI=1S/C25H36N6O/c26-29-21-17-24(23(32)22(21)30-27)12-14-25(31-28,15-13-24)20-10-8-19(9-11-20)16-18-6-4-2-1-3-5-7-18/h8-11,18,21-22,26-28H,1-7,12-17H2. The summed E-state index contributed by atoms with van der Waals surface area (Å²) in [7, 11) is 0. The molecule has 0 radical (unpaired) electrons. The highest BCUT2D eigenvalue weighted by Gasteiger charge is 2.57. The second-order valence-corrected chi connectivity index (χ2v) is 10.4. The van der Waals surface area contributed by atoms with Gasteiger partial charge in [-0.3, -0.25) is 4.79 Å². The minimum absolute atomic E-state index is 0.0402. The van der Waals surface area contributed by atoms with Crippen molar-refractivity contribution >= 4 is 5.78 Å². The molecular weight excluding hydrogens is 400 g/mol. The van der Waals surface area contributed by atoms with E-state index < -0.39 is 23.0 Å². The Kier molecular flexibility index (Phi) is 6.91. The van der Waals surface area contributed by atoms with Crippen LogP contribution in [0.1, 0.15) is 88.2 Å². The molecule has 3 aliphatic rings. The van der Waals surface area contributed by atoms with Crippen molar-refractivity contribution in [2.75, 3.05) is 0 Å². The SMILES string of the molecule is N=NC1CC2(CCC(N=N)(c3ccc(CC4CCCCCCC4)cc3)CC2)C(=O)C1N=N. The van der Waals surface area contributed by atoms with Crippen LogP contribution in [0, 0.1) is 27.9 Å². The number of hydrogen-bond donors (Lipinski definition) is 3. The Hall–Kier alpha value is -2.31. The van der Waals surface area contributed by atoms with Crippen molar-refractivity contribution < 1.29 is 4.79 Å². The van der Waals surface area contributed by atoms with Crippen LogP contribution >= 0.6 is 0 Å². The number of rotatable bonds is 6. The second kappa shape index (κ2) is 9.67. The number of nitrogens with one attached hydrogen (secondary N) is 3. The molecule has 32 heavy (non-hydrogen) atoms. The third kappa shape index (κ3) is 4.30. The van der Waals surface area contributed by atoms with Gasteiger partial charge in [0, 0.05) is 5.41 Å². The lowest BCUT2D eigenvalue weighted by Gasteiger charge is -2.41. The molecule has 3 aliphatic carbocycles. The molecule has 1 aromatic carbocycles. The Labute approximate surface area is 190 Å². The number of Topliss-reactive ketones (excluding diaryl/α,β-unsaturated/α-hetero) is 1. The summed E-state index contributed by atoms with van der Waals surface area (Å²) in [4.78, 5) is 13.0. The topological polar surface area (TPSA) is 126 Å². The summed E-state index contributed by atoms with van der Waals surface area (Å²) in [5.41, 5.74) is 24.0. The van der Waals surface area contributed by atoms with Crippen LogP contribution in [-0.4, -0.2) is 17.9 Å². The quantitative estimate of drug-likeness (QED) is 0.402. The normalized spacial score (nSPS) is 34.1. The fourth-order valence-corrected chi connectivity index (χ4v) is 6.45. The summed E-state index contributed by atoms with van der Waals surface area (Å²) >= 11 is 0. The first-order valence-corrected chi connectivity index (χ1v) is 12.3. The molecule has 3 N–H and O–H groups in total. The van der Waals surface area contributed by atoms with Crippen LogP contribution in [-0.2, 0) is 16.8 Å². The summed E-state index contributed by atoms with van der Waals surface area (Å²) in [6.45, 7) is 0. The highest BCUT2D eigenvalue weighted by Crippen LogP contribution is 2.54. The highest BCUT2D eigenvalue weighted by atomic mass is 16.1. The van der Waals surface area contributed by atoms with Crippen LogP contribution in [0.4, 0.5) is 0 Å². The van der Waals surface area contributed by atoms with Crippen molar-refractivity contribution in [2.45, 2.75) is 101 Å². The van der Waals surface area contributed by atoms with E-state index in [4.69, 9.17) is 16.6 Å². The number of nitrogens with zero attached hydrogens (tertiary/aromatic N) is 3. The van der Waals surface area contributed by atoms with Gasteiger partial charge in [-0.1, -0.05) is 69.2 Å². The third-order valence-corrected chi connectivity index (χ3v) is 8.55. The smallest absolute Gasteiger partial charge is 0.167 e. The van der Waals surface area contributed by atoms with E-state index in [1.165, 1.54) is 50.5 Å². The van der Waals surface area contributed by atoms with Crippen molar-refractivity contribution in [1.29, 1.82) is 16.6 Å². The molecule has 0 aliphatic heterocycles. The molecule has 0 heterocycles. The summed E-state index contributed by atoms with van der Waals surface area (Å²) in [6, 6.07) is 7.42. The number of carbonyl (C=O) groups is 1. The van der Waals surface area contributed by atoms with Crippen LogP contribution < -0.4 is 0 Å². The van der Waals surface area contributed by atoms with Crippen LogP contribution in [0.25, 0.3) is 0 Å². The fourth-order valence-electron chi connectivity index (χ4n) is 6.45. The molecule has 2 atom stereocenters. The van der Waals surface area contributed by atoms with Crippen molar-refractivity contribution in [3.63, 3.8) is 0 Å². The Morgan fingerprint density at radius 3 is 2.00 bits per heavy atom. The molecule has 1 spiro atoms. The maximum absolute atomic E-state index is 13.0. The molecule has 0 amide bonds. The van der Waals surface area contributed by atoms with E-state index >= 15 is 0 Å². The van der Waals surface area contributed by atoms with Crippen LogP contribution in [0.2, 0.25) is 0 Å². The first-order valence-electron chi connectivity index (χ1n) is 12.3. The summed E-state index contributed by atoms with van der Waals surface area (Å²) in [5.74, 6) is 0.742. The Balaban J connectivity index is 1.44. The van der Waals surface area contributed by atoms with Gasteiger partial charge < -0.3 is 0 Å². The lowest BCUT2D eigenvalue weighted by molar-refractivity contribution is -0.129. The summed E-state index contributed by atoms with van der Waals surface area (Å²) < 4.78 is 0. The molecule has 0 bridgehead atoms. The van der Waals surface area contributed by atoms with E-state index in [9.17, 15) is 4.79 Å². The molecule has 1 aromatic rings. The molecule has 7 heteroatoms. The van der Waals surface area contributed by atoms with Gasteiger partial charge in [-0.15, -0.1) is 0 Å². The molecule has 172 valence electrons. The van der Waals surface area contributed by atoms with Crippen LogP contribution in [0.15, 0.2) is 39.6 Å². The molecule has 4 rings (SSSR count). The van der Waals surface area contributed by atoms with Crippen LogP contribution in [0.5, 0.6) is 0 Å². The Morgan fingerprint density at radius 2 is 1.47 bits per heavy atom. The Morgan fingerprint density at radius 1 is 0.844 bits per heavy atom. The maximum Gasteiger partial charge on any atom is 0.167 e. The number of carbonyl (C=O) groups excluding carboxylic acids is 1. The van der Waals surface area contributed by atoms with Gasteiger partial charge >= 0.3 is 0 Å². The molecule has 3 saturated carbocycles. The van der Waals surface area contributed by atoms with Gasteiger partial charge in [0.1, 0.15) is 11.6 Å². The van der Waals surface area contributed by atoms with Gasteiger partial charge in [-0.05, 0) is 55.6 Å². The van der Waals surface area contributed by atoms with Gasteiger partial charge in [0.2, 0.25) is 0 Å². The molecule has 0 saturated heterocycles. The van der Waals surface area contributed by atoms with Crippen LogP contribution in [0.3, 0.4) is 0 Å². The summed E-state index contributed by atoms with van der Waals surface area (Å²) in [6.07, 6.45) is 13.7. The predicted octanol–water partition coefficient (Wildman–Crippen LogP) is 7.15. The number of ketones is 1. The molecule has 7 nitrogen and oxygen atoms in total. The number of benzene rings is 1. The second-order valence-electron chi connectivity index (χ2n) is 10.4. The largest absolute Gasteiger partial charge is 0.296 e. The first kappa shape index (κ1) is 22.9. The van der Waals surface area contributed by atoms with E-state index in [0.717, 1.165) is 17.9 Å². The fraction of sp³-hybridized carbons (Fsp3) is 0.720. The van der Waals surface area contributed by atoms with Gasteiger partial charge in [0.25, 0.3) is 0 Å². The van der Waals surface area contributed by atoms with Gasteiger partial charge in [-0.25, -0.2) is 16.6 Å². The van der Waals surface area contributed by atoms with Crippen molar-refractivity contribution in [3.8, 4) is 0 Å². The molecule has 2 unspecified atom stereocenters. The van der Waals surface area contributed by atoms with E-state index in [2.05, 4.69) is 39.6 Å². The molecule has 3 fully saturated rings. The predicted molar refractivity (Wildman–Crippen MR) is 121 cm³/mol. The summed E-state index contributed by atoms with van der Waals surface area (Å²) in [5, 5.41) is 11.2. The van der Waals surface area contributed by atoms with E-state index in [-0.39, 0.29) is 5.78 Å². The minimum Gasteiger partial charge on any atom is -0.296 e. The van der Waals surface area contributed by atoms with Crippen molar-refractivity contribution in [3.05, 3.63) is 35.4 Å². The van der Waals surface area contributed by atoms with Crippen molar-refractivity contribution in [1.82, 2.24) is 0 Å². The lowest BCUT2D eigenvalue weighted by atomic mass is 9.64. The Bertz CT molecular complexity index is 834. The van der Waals surface area contributed by atoms with Gasteiger partial charge in [-0.2, -0.15) is 15.3 Å². The lowest BCUT2D eigenvalue weighted by Crippen LogP contribution is -2.39. The third-order valence-electron chi connectivity index (χ3n) is 8.55.